The minimum Gasteiger partial charge on any atom is -0.342 e. The van der Waals surface area contributed by atoms with Crippen molar-refractivity contribution in [2.24, 2.45) is 11.3 Å². The zero-order chi connectivity index (χ0) is 14.5. The Balaban J connectivity index is 1.55. The number of likely N-dealkylation sites (tertiary alicyclic amines) is 2. The van der Waals surface area contributed by atoms with E-state index in [-0.39, 0.29) is 23.1 Å². The van der Waals surface area contributed by atoms with Gasteiger partial charge in [0, 0.05) is 37.5 Å². The van der Waals surface area contributed by atoms with E-state index >= 15 is 0 Å². The van der Waals surface area contributed by atoms with Gasteiger partial charge in [0.25, 0.3) is 5.91 Å². The maximum absolute atomic E-state index is 14.1. The van der Waals surface area contributed by atoms with Gasteiger partial charge in [0.1, 0.15) is 0 Å². The number of carbonyl (C=O) groups excluding carboxylic acids is 2. The van der Waals surface area contributed by atoms with Crippen LogP contribution in [0.5, 0.6) is 0 Å². The monoisotopic (exact) mass is 282 g/mol. The third-order valence-corrected chi connectivity index (χ3v) is 5.11. The molecule has 4 nitrogen and oxygen atoms in total. The van der Waals surface area contributed by atoms with Crippen molar-refractivity contribution in [3.05, 3.63) is 0 Å². The van der Waals surface area contributed by atoms with Crippen LogP contribution in [0.1, 0.15) is 39.5 Å². The van der Waals surface area contributed by atoms with Crippen molar-refractivity contribution >= 4 is 11.8 Å². The quantitative estimate of drug-likeness (QED) is 0.772. The summed E-state index contributed by atoms with van der Waals surface area (Å²) in [6.45, 7) is 6.58. The van der Waals surface area contributed by atoms with Crippen molar-refractivity contribution in [2.45, 2.75) is 45.2 Å². The largest absolute Gasteiger partial charge is 0.342 e. The molecule has 0 aromatic rings. The van der Waals surface area contributed by atoms with E-state index in [1.165, 1.54) is 0 Å². The first-order valence-corrected chi connectivity index (χ1v) is 7.62. The molecule has 0 aromatic heterocycles. The Bertz CT molecular complexity index is 439. The summed E-state index contributed by atoms with van der Waals surface area (Å²) in [5.74, 6) is -0.109. The maximum Gasteiger partial charge on any atom is 0.260 e. The average Bonchev–Trinajstić information content (AvgIpc) is 2.77. The van der Waals surface area contributed by atoms with Gasteiger partial charge in [-0.2, -0.15) is 0 Å². The standard InChI is InChI=1S/C15H23FN2O2/c1-11(2)12(19)17-7-6-14(8-17)9-18(10-14)13(20)15(16)4-3-5-15/h11H,3-10H2,1-2H3. The smallest absolute Gasteiger partial charge is 0.260 e. The second-order valence-electron chi connectivity index (χ2n) is 7.14. The van der Waals surface area contributed by atoms with Gasteiger partial charge in [-0.05, 0) is 25.7 Å². The molecule has 0 aromatic carbocycles. The number of carbonyl (C=O) groups is 2. The first kappa shape index (κ1) is 13.8. The van der Waals surface area contributed by atoms with E-state index in [1.54, 1.807) is 4.90 Å². The van der Waals surface area contributed by atoms with Gasteiger partial charge in [0.15, 0.2) is 5.67 Å². The van der Waals surface area contributed by atoms with Crippen molar-refractivity contribution in [2.75, 3.05) is 26.2 Å². The molecule has 3 rings (SSSR count). The fourth-order valence-corrected chi connectivity index (χ4v) is 3.64. The van der Waals surface area contributed by atoms with E-state index in [0.29, 0.717) is 25.9 Å². The lowest BCUT2D eigenvalue weighted by Crippen LogP contribution is -2.64. The van der Waals surface area contributed by atoms with Crippen LogP contribution >= 0.6 is 0 Å². The van der Waals surface area contributed by atoms with Crippen molar-refractivity contribution < 1.29 is 14.0 Å². The van der Waals surface area contributed by atoms with Gasteiger partial charge < -0.3 is 9.80 Å². The third-order valence-electron chi connectivity index (χ3n) is 5.11. The lowest BCUT2D eigenvalue weighted by atomic mass is 9.75. The number of amides is 2. The van der Waals surface area contributed by atoms with E-state index in [0.717, 1.165) is 25.9 Å². The molecule has 0 N–H and O–H groups in total. The summed E-state index contributed by atoms with van der Waals surface area (Å²) in [5, 5.41) is 0. The van der Waals surface area contributed by atoms with Gasteiger partial charge in [0.2, 0.25) is 5.91 Å². The average molecular weight is 282 g/mol. The first-order valence-electron chi connectivity index (χ1n) is 7.62. The summed E-state index contributed by atoms with van der Waals surface area (Å²) in [7, 11) is 0. The van der Waals surface area contributed by atoms with Gasteiger partial charge in [0.05, 0.1) is 0 Å². The molecule has 0 bridgehead atoms. The fourth-order valence-electron chi connectivity index (χ4n) is 3.64. The summed E-state index contributed by atoms with van der Waals surface area (Å²) in [4.78, 5) is 27.6. The number of hydrogen-bond donors (Lipinski definition) is 0. The van der Waals surface area contributed by atoms with E-state index in [4.69, 9.17) is 0 Å². The number of alkyl halides is 1. The van der Waals surface area contributed by atoms with Crippen LogP contribution in [0.15, 0.2) is 0 Å². The summed E-state index contributed by atoms with van der Waals surface area (Å²) in [6.07, 6.45) is 2.52. The highest BCUT2D eigenvalue weighted by atomic mass is 19.1. The molecule has 3 fully saturated rings. The molecule has 2 aliphatic heterocycles. The molecule has 0 atom stereocenters. The normalized spacial score (nSPS) is 26.6. The van der Waals surface area contributed by atoms with Crippen LogP contribution in [0.2, 0.25) is 0 Å². The Kier molecular flexibility index (Phi) is 3.07. The molecule has 2 saturated heterocycles. The zero-order valence-corrected chi connectivity index (χ0v) is 12.3. The molecule has 0 unspecified atom stereocenters. The highest BCUT2D eigenvalue weighted by molar-refractivity contribution is 5.87. The van der Waals surface area contributed by atoms with Crippen LogP contribution in [-0.2, 0) is 9.59 Å². The SMILES string of the molecule is CC(C)C(=O)N1CCC2(C1)CN(C(=O)C1(F)CCC1)C2. The molecule has 0 radical (unpaired) electrons. The molecule has 1 aliphatic carbocycles. The molecule has 3 aliphatic rings. The second kappa shape index (κ2) is 4.43. The van der Waals surface area contributed by atoms with E-state index < -0.39 is 5.67 Å². The molecule has 5 heteroatoms. The number of nitrogens with zero attached hydrogens (tertiary/aromatic N) is 2. The van der Waals surface area contributed by atoms with Crippen molar-refractivity contribution in [1.29, 1.82) is 0 Å². The van der Waals surface area contributed by atoms with Crippen LogP contribution in [0.4, 0.5) is 4.39 Å². The highest BCUT2D eigenvalue weighted by Crippen LogP contribution is 2.44. The fraction of sp³-hybridized carbons (Fsp3) is 0.867. The number of hydrogen-bond acceptors (Lipinski definition) is 2. The van der Waals surface area contributed by atoms with E-state index in [2.05, 4.69) is 0 Å². The van der Waals surface area contributed by atoms with Crippen LogP contribution < -0.4 is 0 Å². The van der Waals surface area contributed by atoms with Crippen molar-refractivity contribution in [3.63, 3.8) is 0 Å². The van der Waals surface area contributed by atoms with Gasteiger partial charge in [-0.3, -0.25) is 9.59 Å². The molecular formula is C15H23FN2O2. The molecule has 20 heavy (non-hydrogen) atoms. The minimum absolute atomic E-state index is 0.0204. The van der Waals surface area contributed by atoms with Crippen LogP contribution in [0, 0.1) is 11.3 Å². The summed E-state index contributed by atoms with van der Waals surface area (Å²) < 4.78 is 14.1. The zero-order valence-electron chi connectivity index (χ0n) is 12.3. The maximum atomic E-state index is 14.1. The Labute approximate surface area is 119 Å². The molecule has 1 spiro atoms. The Hall–Kier alpha value is -1.13. The van der Waals surface area contributed by atoms with Gasteiger partial charge in [-0.1, -0.05) is 13.8 Å². The Morgan fingerprint density at radius 3 is 2.15 bits per heavy atom. The van der Waals surface area contributed by atoms with Crippen molar-refractivity contribution in [3.8, 4) is 0 Å². The molecule has 2 amide bonds. The van der Waals surface area contributed by atoms with Crippen LogP contribution in [0.25, 0.3) is 0 Å². The van der Waals surface area contributed by atoms with Gasteiger partial charge in [-0.25, -0.2) is 4.39 Å². The summed E-state index contributed by atoms with van der Waals surface area (Å²) in [5.41, 5.74) is -1.53. The Morgan fingerprint density at radius 1 is 1.05 bits per heavy atom. The minimum atomic E-state index is -1.58. The number of rotatable bonds is 2. The predicted octanol–water partition coefficient (Wildman–Crippen LogP) is 1.60. The second-order valence-corrected chi connectivity index (χ2v) is 7.14. The van der Waals surface area contributed by atoms with Crippen molar-refractivity contribution in [1.82, 2.24) is 9.80 Å². The lowest BCUT2D eigenvalue weighted by Gasteiger charge is -2.51. The lowest BCUT2D eigenvalue weighted by molar-refractivity contribution is -0.162. The highest BCUT2D eigenvalue weighted by Gasteiger charge is 2.55. The summed E-state index contributed by atoms with van der Waals surface area (Å²) >= 11 is 0. The van der Waals surface area contributed by atoms with E-state index in [9.17, 15) is 14.0 Å². The predicted molar refractivity (Wildman–Crippen MR) is 72.7 cm³/mol. The van der Waals surface area contributed by atoms with Gasteiger partial charge in [-0.15, -0.1) is 0 Å². The van der Waals surface area contributed by atoms with Crippen LogP contribution in [0.3, 0.4) is 0 Å². The number of halogens is 1. The van der Waals surface area contributed by atoms with E-state index in [1.807, 2.05) is 18.7 Å². The topological polar surface area (TPSA) is 40.6 Å². The third kappa shape index (κ3) is 2.02. The molecule has 112 valence electrons. The molecule has 2 heterocycles. The van der Waals surface area contributed by atoms with Gasteiger partial charge >= 0.3 is 0 Å². The Morgan fingerprint density at radius 2 is 1.65 bits per heavy atom. The summed E-state index contributed by atoms with van der Waals surface area (Å²) in [6, 6.07) is 0. The molecule has 1 saturated carbocycles. The molecular weight excluding hydrogens is 259 g/mol. The van der Waals surface area contributed by atoms with Crippen LogP contribution in [-0.4, -0.2) is 53.5 Å². The first-order chi connectivity index (χ1) is 9.35.